The Morgan fingerprint density at radius 1 is 0.818 bits per heavy atom. The second-order valence-electron chi connectivity index (χ2n) is 7.60. The lowest BCUT2D eigenvalue weighted by Crippen LogP contribution is -2.32. The SMILES string of the molecule is Cc1ccc(NC2=C(Sc3ccc(C)cc3)C(=O)N(c3cccc(C(F)(F)F)c3)C2=O)cc1. The molecule has 0 spiro atoms. The smallest absolute Gasteiger partial charge is 0.350 e. The van der Waals surface area contributed by atoms with Gasteiger partial charge in [-0.3, -0.25) is 9.59 Å². The molecule has 8 heteroatoms. The van der Waals surface area contributed by atoms with Gasteiger partial charge in [-0.15, -0.1) is 0 Å². The maximum atomic E-state index is 13.3. The van der Waals surface area contributed by atoms with Crippen LogP contribution in [0.1, 0.15) is 16.7 Å². The van der Waals surface area contributed by atoms with Crippen molar-refractivity contribution < 1.29 is 22.8 Å². The van der Waals surface area contributed by atoms with Crippen LogP contribution in [0.3, 0.4) is 0 Å². The normalized spacial score (nSPS) is 14.3. The number of imide groups is 1. The van der Waals surface area contributed by atoms with E-state index in [0.29, 0.717) is 5.69 Å². The Morgan fingerprint density at radius 3 is 2.03 bits per heavy atom. The van der Waals surface area contributed by atoms with Gasteiger partial charge in [-0.05, 0) is 56.3 Å². The van der Waals surface area contributed by atoms with Crippen LogP contribution in [0.25, 0.3) is 0 Å². The molecule has 0 atom stereocenters. The molecular weight excluding hydrogens is 449 g/mol. The fourth-order valence-corrected chi connectivity index (χ4v) is 4.20. The molecule has 0 radical (unpaired) electrons. The van der Waals surface area contributed by atoms with Crippen LogP contribution in [0.2, 0.25) is 0 Å². The third-order valence-electron chi connectivity index (χ3n) is 5.03. The molecule has 0 aliphatic carbocycles. The van der Waals surface area contributed by atoms with E-state index in [0.717, 1.165) is 44.8 Å². The third-order valence-corrected chi connectivity index (χ3v) is 6.13. The maximum absolute atomic E-state index is 13.3. The fourth-order valence-electron chi connectivity index (χ4n) is 3.28. The van der Waals surface area contributed by atoms with Crippen molar-refractivity contribution in [2.75, 3.05) is 10.2 Å². The number of nitrogens with one attached hydrogen (secondary N) is 1. The lowest BCUT2D eigenvalue weighted by Gasteiger charge is -2.17. The number of hydrogen-bond donors (Lipinski definition) is 1. The summed E-state index contributed by atoms with van der Waals surface area (Å²) in [6, 6.07) is 18.8. The van der Waals surface area contributed by atoms with Gasteiger partial charge in [0.2, 0.25) is 0 Å². The second-order valence-corrected chi connectivity index (χ2v) is 8.69. The van der Waals surface area contributed by atoms with E-state index in [2.05, 4.69) is 5.32 Å². The van der Waals surface area contributed by atoms with Gasteiger partial charge in [0.25, 0.3) is 11.8 Å². The van der Waals surface area contributed by atoms with Crippen LogP contribution in [0.4, 0.5) is 24.5 Å². The van der Waals surface area contributed by atoms with Crippen molar-refractivity contribution in [1.82, 2.24) is 0 Å². The lowest BCUT2D eigenvalue weighted by molar-refractivity contribution is -0.137. The Morgan fingerprint density at radius 2 is 1.42 bits per heavy atom. The number of hydrogen-bond acceptors (Lipinski definition) is 4. The summed E-state index contributed by atoms with van der Waals surface area (Å²) in [5.41, 5.74) is 1.58. The van der Waals surface area contributed by atoms with Crippen molar-refractivity contribution in [2.24, 2.45) is 0 Å². The van der Waals surface area contributed by atoms with E-state index in [9.17, 15) is 22.8 Å². The minimum absolute atomic E-state index is 0.0202. The standard InChI is InChI=1S/C25H19F3N2O2S/c1-15-6-10-18(11-7-15)29-21-22(33-20-12-8-16(2)9-13-20)24(32)30(23(21)31)19-5-3-4-17(14-19)25(26,27)28/h3-14,29H,1-2H3. The van der Waals surface area contributed by atoms with Gasteiger partial charge in [-0.1, -0.05) is 53.2 Å². The average molecular weight is 469 g/mol. The molecule has 0 fully saturated rings. The first-order valence-electron chi connectivity index (χ1n) is 10.0. The zero-order valence-electron chi connectivity index (χ0n) is 17.7. The van der Waals surface area contributed by atoms with Gasteiger partial charge in [-0.25, -0.2) is 4.90 Å². The number of thioether (sulfide) groups is 1. The van der Waals surface area contributed by atoms with Gasteiger partial charge in [0.15, 0.2) is 0 Å². The molecule has 3 aromatic carbocycles. The number of carbonyl (C=O) groups excluding carboxylic acids is 2. The number of amides is 2. The highest BCUT2D eigenvalue weighted by Gasteiger charge is 2.41. The number of benzene rings is 3. The summed E-state index contributed by atoms with van der Waals surface area (Å²) in [6.07, 6.45) is -4.60. The third kappa shape index (κ3) is 4.80. The Labute approximate surface area is 193 Å². The van der Waals surface area contributed by atoms with Gasteiger partial charge in [0.1, 0.15) is 10.6 Å². The number of carbonyl (C=O) groups is 2. The molecule has 168 valence electrons. The summed E-state index contributed by atoms with van der Waals surface area (Å²) >= 11 is 1.09. The molecule has 0 aromatic heterocycles. The summed E-state index contributed by atoms with van der Waals surface area (Å²) in [7, 11) is 0. The minimum Gasteiger partial charge on any atom is -0.350 e. The number of rotatable bonds is 5. The second kappa shape index (κ2) is 8.78. The Bertz CT molecular complexity index is 1180. The first kappa shape index (κ1) is 22.7. The number of halogens is 3. The topological polar surface area (TPSA) is 49.4 Å². The minimum atomic E-state index is -4.60. The van der Waals surface area contributed by atoms with Crippen molar-refractivity contribution >= 4 is 35.0 Å². The van der Waals surface area contributed by atoms with Crippen LogP contribution >= 0.6 is 11.8 Å². The zero-order chi connectivity index (χ0) is 23.8. The van der Waals surface area contributed by atoms with E-state index in [4.69, 9.17) is 0 Å². The molecule has 3 aromatic rings. The van der Waals surface area contributed by atoms with E-state index in [-0.39, 0.29) is 16.3 Å². The van der Waals surface area contributed by atoms with E-state index in [1.165, 1.54) is 12.1 Å². The molecule has 0 saturated heterocycles. The molecule has 4 rings (SSSR count). The lowest BCUT2D eigenvalue weighted by atomic mass is 10.2. The van der Waals surface area contributed by atoms with E-state index < -0.39 is 23.6 Å². The highest BCUT2D eigenvalue weighted by molar-refractivity contribution is 8.04. The summed E-state index contributed by atoms with van der Waals surface area (Å²) < 4.78 is 39.7. The van der Waals surface area contributed by atoms with Crippen LogP contribution in [0.5, 0.6) is 0 Å². The molecule has 1 heterocycles. The fraction of sp³-hybridized carbons (Fsp3) is 0.120. The average Bonchev–Trinajstić information content (AvgIpc) is 3.00. The molecular formula is C25H19F3N2O2S. The van der Waals surface area contributed by atoms with Crippen LogP contribution in [0, 0.1) is 13.8 Å². The largest absolute Gasteiger partial charge is 0.416 e. The highest BCUT2D eigenvalue weighted by atomic mass is 32.2. The summed E-state index contributed by atoms with van der Waals surface area (Å²) in [5.74, 6) is -1.39. The molecule has 0 unspecified atom stereocenters. The van der Waals surface area contributed by atoms with E-state index in [1.807, 2.05) is 50.2 Å². The number of nitrogens with zero attached hydrogens (tertiary/aromatic N) is 1. The number of aryl methyl sites for hydroxylation is 2. The van der Waals surface area contributed by atoms with Crippen LogP contribution in [0.15, 0.2) is 88.3 Å². The molecule has 4 nitrogen and oxygen atoms in total. The van der Waals surface area contributed by atoms with Crippen molar-refractivity contribution in [1.29, 1.82) is 0 Å². The maximum Gasteiger partial charge on any atom is 0.416 e. The summed E-state index contributed by atoms with van der Waals surface area (Å²) in [6.45, 7) is 3.85. The number of alkyl halides is 3. The van der Waals surface area contributed by atoms with Crippen molar-refractivity contribution in [2.45, 2.75) is 24.9 Å². The van der Waals surface area contributed by atoms with Gasteiger partial charge in [-0.2, -0.15) is 13.2 Å². The zero-order valence-corrected chi connectivity index (χ0v) is 18.6. The van der Waals surface area contributed by atoms with Crippen LogP contribution < -0.4 is 10.2 Å². The highest BCUT2D eigenvalue weighted by Crippen LogP contribution is 2.39. The molecule has 1 aliphatic rings. The summed E-state index contributed by atoms with van der Waals surface area (Å²) in [5, 5.41) is 3.00. The summed E-state index contributed by atoms with van der Waals surface area (Å²) in [4.78, 5) is 28.2. The van der Waals surface area contributed by atoms with E-state index >= 15 is 0 Å². The Hall–Kier alpha value is -3.52. The number of anilines is 2. The molecule has 2 amide bonds. The quantitative estimate of drug-likeness (QED) is 0.446. The molecule has 33 heavy (non-hydrogen) atoms. The van der Waals surface area contributed by atoms with Gasteiger partial charge in [0, 0.05) is 10.6 Å². The van der Waals surface area contributed by atoms with Gasteiger partial charge in [0.05, 0.1) is 11.3 Å². The van der Waals surface area contributed by atoms with Gasteiger partial charge < -0.3 is 5.32 Å². The van der Waals surface area contributed by atoms with Crippen LogP contribution in [-0.4, -0.2) is 11.8 Å². The monoisotopic (exact) mass is 468 g/mol. The molecule has 1 aliphatic heterocycles. The Kier molecular flexibility index (Phi) is 6.03. The van der Waals surface area contributed by atoms with Crippen molar-refractivity contribution in [3.05, 3.63) is 100 Å². The molecule has 0 bridgehead atoms. The van der Waals surface area contributed by atoms with Crippen LogP contribution in [-0.2, 0) is 15.8 Å². The first-order chi connectivity index (χ1) is 15.6. The Balaban J connectivity index is 1.75. The molecule has 1 N–H and O–H groups in total. The van der Waals surface area contributed by atoms with Crippen molar-refractivity contribution in [3.63, 3.8) is 0 Å². The van der Waals surface area contributed by atoms with Crippen molar-refractivity contribution in [3.8, 4) is 0 Å². The van der Waals surface area contributed by atoms with Gasteiger partial charge >= 0.3 is 6.18 Å². The molecule has 0 saturated carbocycles. The predicted octanol–water partition coefficient (Wildman–Crippen LogP) is 6.31. The van der Waals surface area contributed by atoms with E-state index in [1.54, 1.807) is 12.1 Å². The predicted molar refractivity (Wildman–Crippen MR) is 123 cm³/mol. The first-order valence-corrected chi connectivity index (χ1v) is 10.8.